The van der Waals surface area contributed by atoms with Crippen LogP contribution in [0.25, 0.3) is 0 Å². The van der Waals surface area contributed by atoms with Crippen LogP contribution in [0.3, 0.4) is 0 Å². The molecule has 0 fully saturated rings. The molecule has 0 saturated heterocycles. The molecule has 3 N–H and O–H groups in total. The molecule has 0 aliphatic rings. The normalized spacial score (nSPS) is 11.2. The molecule has 3 amide bonds. The molecular weight excluding hydrogens is 440 g/mol. The number of benzene rings is 1. The molecule has 0 aliphatic heterocycles. The SMILES string of the molecule is CCN(CC)S(=O)(=O)c1cc(NC(=O)CNC(=O)CNC(=O)c2cccs2)ccc1C. The van der Waals surface area contributed by atoms with Gasteiger partial charge in [-0.1, -0.05) is 26.0 Å². The van der Waals surface area contributed by atoms with Gasteiger partial charge >= 0.3 is 0 Å². The first-order chi connectivity index (χ1) is 14.7. The van der Waals surface area contributed by atoms with Gasteiger partial charge in [0.2, 0.25) is 21.8 Å². The number of carbonyl (C=O) groups excluding carboxylic acids is 3. The van der Waals surface area contributed by atoms with Crippen molar-refractivity contribution in [3.8, 4) is 0 Å². The van der Waals surface area contributed by atoms with Crippen LogP contribution in [0.1, 0.15) is 29.1 Å². The average molecular weight is 467 g/mol. The van der Waals surface area contributed by atoms with E-state index in [-0.39, 0.29) is 23.9 Å². The number of nitrogens with one attached hydrogen (secondary N) is 3. The summed E-state index contributed by atoms with van der Waals surface area (Å²) in [7, 11) is -3.68. The summed E-state index contributed by atoms with van der Waals surface area (Å²) in [5.74, 6) is -1.40. The van der Waals surface area contributed by atoms with Crippen molar-refractivity contribution in [2.24, 2.45) is 0 Å². The van der Waals surface area contributed by atoms with Gasteiger partial charge in [-0.05, 0) is 36.1 Å². The Bertz CT molecular complexity index is 1030. The van der Waals surface area contributed by atoms with Crippen molar-refractivity contribution in [2.45, 2.75) is 25.7 Å². The minimum atomic E-state index is -3.68. The third-order valence-electron chi connectivity index (χ3n) is 4.40. The average Bonchev–Trinajstić information content (AvgIpc) is 3.27. The van der Waals surface area contributed by atoms with E-state index in [0.717, 1.165) is 0 Å². The van der Waals surface area contributed by atoms with Gasteiger partial charge in [-0.2, -0.15) is 4.31 Å². The van der Waals surface area contributed by atoms with Crippen molar-refractivity contribution in [1.29, 1.82) is 0 Å². The van der Waals surface area contributed by atoms with Gasteiger partial charge in [-0.15, -0.1) is 11.3 Å². The Morgan fingerprint density at radius 2 is 1.68 bits per heavy atom. The molecule has 0 unspecified atom stereocenters. The Balaban J connectivity index is 1.92. The van der Waals surface area contributed by atoms with E-state index in [1.54, 1.807) is 50.4 Å². The first kappa shape index (κ1) is 24.5. The zero-order chi connectivity index (χ0) is 23.0. The zero-order valence-corrected chi connectivity index (χ0v) is 19.2. The second-order valence-electron chi connectivity index (χ2n) is 6.55. The summed E-state index contributed by atoms with van der Waals surface area (Å²) in [6.07, 6.45) is 0. The van der Waals surface area contributed by atoms with Gasteiger partial charge in [0.15, 0.2) is 0 Å². The molecule has 168 valence electrons. The predicted molar refractivity (Wildman–Crippen MR) is 120 cm³/mol. The fraction of sp³-hybridized carbons (Fsp3) is 0.350. The van der Waals surface area contributed by atoms with Crippen LogP contribution in [0, 0.1) is 6.92 Å². The number of carbonyl (C=O) groups is 3. The monoisotopic (exact) mass is 466 g/mol. The molecule has 0 saturated carbocycles. The second kappa shape index (κ2) is 11.0. The lowest BCUT2D eigenvalue weighted by atomic mass is 10.2. The number of anilines is 1. The molecule has 9 nitrogen and oxygen atoms in total. The first-order valence-corrected chi connectivity index (χ1v) is 12.0. The lowest BCUT2D eigenvalue weighted by molar-refractivity contribution is -0.123. The molecule has 0 spiro atoms. The largest absolute Gasteiger partial charge is 0.345 e. The van der Waals surface area contributed by atoms with Crippen molar-refractivity contribution in [1.82, 2.24) is 14.9 Å². The maximum atomic E-state index is 12.8. The van der Waals surface area contributed by atoms with Crippen LogP contribution in [0.15, 0.2) is 40.6 Å². The predicted octanol–water partition coefficient (Wildman–Crippen LogP) is 1.57. The van der Waals surface area contributed by atoms with Crippen molar-refractivity contribution in [3.05, 3.63) is 46.2 Å². The highest BCUT2D eigenvalue weighted by molar-refractivity contribution is 7.89. The fourth-order valence-corrected chi connectivity index (χ4v) is 5.11. The van der Waals surface area contributed by atoms with Crippen molar-refractivity contribution < 1.29 is 22.8 Å². The third-order valence-corrected chi connectivity index (χ3v) is 7.46. The standard InChI is InChI=1S/C20H26N4O5S2/c1-4-24(5-2)31(28,29)17-11-15(9-8-14(17)3)23-19(26)13-21-18(25)12-22-20(27)16-7-6-10-30-16/h6-11H,4-5,12-13H2,1-3H3,(H,21,25)(H,22,27)(H,23,26). The van der Waals surface area contributed by atoms with Gasteiger partial charge < -0.3 is 16.0 Å². The lowest BCUT2D eigenvalue weighted by Gasteiger charge is -2.20. The maximum absolute atomic E-state index is 12.8. The Kier molecular flexibility index (Phi) is 8.72. The Morgan fingerprint density at radius 3 is 2.29 bits per heavy atom. The van der Waals surface area contributed by atoms with Crippen LogP contribution < -0.4 is 16.0 Å². The molecule has 1 heterocycles. The van der Waals surface area contributed by atoms with E-state index in [1.807, 2.05) is 0 Å². The fourth-order valence-electron chi connectivity index (χ4n) is 2.76. The van der Waals surface area contributed by atoms with Gasteiger partial charge in [0.25, 0.3) is 5.91 Å². The molecular formula is C20H26N4O5S2. The number of aryl methyl sites for hydroxylation is 1. The number of sulfonamides is 1. The molecule has 0 radical (unpaired) electrons. The number of nitrogens with zero attached hydrogens (tertiary/aromatic N) is 1. The molecule has 11 heteroatoms. The number of thiophene rings is 1. The van der Waals surface area contributed by atoms with Crippen molar-refractivity contribution in [2.75, 3.05) is 31.5 Å². The summed E-state index contributed by atoms with van der Waals surface area (Å²) in [6.45, 7) is 5.29. The highest BCUT2D eigenvalue weighted by Gasteiger charge is 2.24. The number of hydrogen-bond donors (Lipinski definition) is 3. The Hall–Kier alpha value is -2.76. The van der Waals surface area contributed by atoms with Crippen molar-refractivity contribution in [3.63, 3.8) is 0 Å². The summed E-state index contributed by atoms with van der Waals surface area (Å²) in [5, 5.41) is 9.20. The second-order valence-corrected chi connectivity index (χ2v) is 9.41. The maximum Gasteiger partial charge on any atom is 0.261 e. The molecule has 0 atom stereocenters. The van der Waals surface area contributed by atoms with Crippen LogP contribution in [0.4, 0.5) is 5.69 Å². The molecule has 2 rings (SSSR count). The summed E-state index contributed by atoms with van der Waals surface area (Å²) in [4.78, 5) is 36.4. The van der Waals surface area contributed by atoms with E-state index < -0.39 is 21.8 Å². The summed E-state index contributed by atoms with van der Waals surface area (Å²) in [5.41, 5.74) is 0.876. The quantitative estimate of drug-likeness (QED) is 0.490. The van der Waals surface area contributed by atoms with Crippen molar-refractivity contribution >= 4 is 44.8 Å². The van der Waals surface area contributed by atoms with E-state index in [9.17, 15) is 22.8 Å². The van der Waals surface area contributed by atoms with Gasteiger partial charge in [0, 0.05) is 18.8 Å². The highest BCUT2D eigenvalue weighted by Crippen LogP contribution is 2.23. The minimum absolute atomic E-state index is 0.120. The van der Waals surface area contributed by atoms with E-state index in [2.05, 4.69) is 16.0 Å². The van der Waals surface area contributed by atoms with Gasteiger partial charge in [0.1, 0.15) is 0 Å². The van der Waals surface area contributed by atoms with Gasteiger partial charge in [-0.3, -0.25) is 14.4 Å². The molecule has 1 aromatic carbocycles. The molecule has 31 heavy (non-hydrogen) atoms. The van der Waals surface area contributed by atoms with Crippen LogP contribution in [-0.4, -0.2) is 56.6 Å². The van der Waals surface area contributed by atoms with E-state index >= 15 is 0 Å². The molecule has 1 aromatic heterocycles. The van der Waals surface area contributed by atoms with E-state index in [4.69, 9.17) is 0 Å². The third kappa shape index (κ3) is 6.61. The zero-order valence-electron chi connectivity index (χ0n) is 17.6. The molecule has 0 aliphatic carbocycles. The Morgan fingerprint density at radius 1 is 1.00 bits per heavy atom. The lowest BCUT2D eigenvalue weighted by Crippen LogP contribution is -2.40. The van der Waals surface area contributed by atoms with Crippen LogP contribution in [0.5, 0.6) is 0 Å². The topological polar surface area (TPSA) is 125 Å². The number of amides is 3. The summed E-state index contributed by atoms with van der Waals surface area (Å²) in [6, 6.07) is 7.99. The number of rotatable bonds is 10. The Labute approximate surface area is 185 Å². The van der Waals surface area contributed by atoms with Gasteiger partial charge in [0.05, 0.1) is 22.9 Å². The minimum Gasteiger partial charge on any atom is -0.345 e. The van der Waals surface area contributed by atoms with Crippen LogP contribution in [0.2, 0.25) is 0 Å². The molecule has 2 aromatic rings. The smallest absolute Gasteiger partial charge is 0.261 e. The molecule has 0 bridgehead atoms. The first-order valence-electron chi connectivity index (χ1n) is 9.68. The highest BCUT2D eigenvalue weighted by atomic mass is 32.2. The number of hydrogen-bond acceptors (Lipinski definition) is 6. The summed E-state index contributed by atoms with van der Waals surface area (Å²) >= 11 is 1.26. The van der Waals surface area contributed by atoms with E-state index in [1.165, 1.54) is 21.7 Å². The summed E-state index contributed by atoms with van der Waals surface area (Å²) < 4.78 is 26.9. The van der Waals surface area contributed by atoms with Crippen LogP contribution >= 0.6 is 11.3 Å². The van der Waals surface area contributed by atoms with E-state index in [0.29, 0.717) is 29.2 Å². The van der Waals surface area contributed by atoms with Crippen LogP contribution in [-0.2, 0) is 19.6 Å². The van der Waals surface area contributed by atoms with Gasteiger partial charge in [-0.25, -0.2) is 8.42 Å².